The number of esters is 1. The number of alkyl halides is 3. The van der Waals surface area contributed by atoms with Crippen LogP contribution in [0.3, 0.4) is 0 Å². The number of ether oxygens (including phenoxy) is 1. The molecule has 0 unspecified atom stereocenters. The molecule has 27 heavy (non-hydrogen) atoms. The van der Waals surface area contributed by atoms with Gasteiger partial charge in [-0.15, -0.1) is 0 Å². The lowest BCUT2D eigenvalue weighted by Crippen LogP contribution is -2.21. The maximum Gasteiger partial charge on any atom is 0.416 e. The monoisotopic (exact) mass is 373 g/mol. The molecule has 0 heterocycles. The minimum atomic E-state index is -4.57. The fraction of sp³-hybridized carbons (Fsp3) is 0.100. The van der Waals surface area contributed by atoms with E-state index in [-0.39, 0.29) is 5.56 Å². The largest absolute Gasteiger partial charge is 0.452 e. The Labute approximate surface area is 152 Å². The first kappa shape index (κ1) is 18.4. The van der Waals surface area contributed by atoms with Crippen LogP contribution in [0.15, 0.2) is 66.7 Å². The number of carbonyl (C=O) groups is 2. The zero-order valence-electron chi connectivity index (χ0n) is 13.9. The third-order valence-electron chi connectivity index (χ3n) is 3.79. The number of nitrogens with one attached hydrogen (secondary N) is 1. The summed E-state index contributed by atoms with van der Waals surface area (Å²) in [5, 5.41) is 4.51. The van der Waals surface area contributed by atoms with E-state index in [9.17, 15) is 22.8 Å². The molecule has 138 valence electrons. The van der Waals surface area contributed by atoms with Crippen LogP contribution in [0.1, 0.15) is 15.9 Å². The highest BCUT2D eigenvalue weighted by Crippen LogP contribution is 2.29. The van der Waals surface area contributed by atoms with Crippen LogP contribution < -0.4 is 5.32 Å². The zero-order valence-corrected chi connectivity index (χ0v) is 13.9. The summed E-state index contributed by atoms with van der Waals surface area (Å²) < 4.78 is 42.8. The molecule has 0 bridgehead atoms. The highest BCUT2D eigenvalue weighted by atomic mass is 19.4. The van der Waals surface area contributed by atoms with Gasteiger partial charge in [-0.1, -0.05) is 36.4 Å². The van der Waals surface area contributed by atoms with Crippen LogP contribution in [-0.4, -0.2) is 18.5 Å². The van der Waals surface area contributed by atoms with Crippen LogP contribution >= 0.6 is 0 Å². The predicted octanol–water partition coefficient (Wildman–Crippen LogP) is 4.65. The third kappa shape index (κ3) is 4.63. The van der Waals surface area contributed by atoms with E-state index in [4.69, 9.17) is 4.74 Å². The SMILES string of the molecule is O=C(COC(=O)c1cccc(C(F)(F)F)c1)Nc1ccc2ccccc2c1. The van der Waals surface area contributed by atoms with Crippen molar-refractivity contribution in [3.8, 4) is 0 Å². The smallest absolute Gasteiger partial charge is 0.416 e. The van der Waals surface area contributed by atoms with Gasteiger partial charge in [0.2, 0.25) is 0 Å². The summed E-state index contributed by atoms with van der Waals surface area (Å²) in [6.07, 6.45) is -4.57. The molecule has 7 heteroatoms. The molecule has 0 saturated carbocycles. The first-order valence-corrected chi connectivity index (χ1v) is 7.96. The molecule has 0 fully saturated rings. The maximum atomic E-state index is 12.7. The Hall–Kier alpha value is -3.35. The van der Waals surface area contributed by atoms with Crippen molar-refractivity contribution in [1.82, 2.24) is 0 Å². The third-order valence-corrected chi connectivity index (χ3v) is 3.79. The van der Waals surface area contributed by atoms with Crippen molar-refractivity contribution >= 4 is 28.3 Å². The first-order valence-electron chi connectivity index (χ1n) is 7.96. The minimum absolute atomic E-state index is 0.275. The lowest BCUT2D eigenvalue weighted by molar-refractivity contribution is -0.137. The minimum Gasteiger partial charge on any atom is -0.452 e. The quantitative estimate of drug-likeness (QED) is 0.677. The summed E-state index contributed by atoms with van der Waals surface area (Å²) in [6, 6.07) is 16.7. The van der Waals surface area contributed by atoms with Crippen molar-refractivity contribution in [3.05, 3.63) is 77.9 Å². The van der Waals surface area contributed by atoms with Crippen LogP contribution in [0.25, 0.3) is 10.8 Å². The Morgan fingerprint density at radius 2 is 1.63 bits per heavy atom. The molecule has 0 saturated heterocycles. The van der Waals surface area contributed by atoms with E-state index >= 15 is 0 Å². The van der Waals surface area contributed by atoms with Gasteiger partial charge in [0.05, 0.1) is 11.1 Å². The van der Waals surface area contributed by atoms with Gasteiger partial charge in [-0.05, 0) is 41.1 Å². The molecule has 0 aromatic heterocycles. The zero-order chi connectivity index (χ0) is 19.4. The van der Waals surface area contributed by atoms with E-state index in [2.05, 4.69) is 5.32 Å². The molecular weight excluding hydrogens is 359 g/mol. The van der Waals surface area contributed by atoms with E-state index in [1.165, 1.54) is 6.07 Å². The van der Waals surface area contributed by atoms with Gasteiger partial charge in [0.25, 0.3) is 5.91 Å². The number of carbonyl (C=O) groups excluding carboxylic acids is 2. The van der Waals surface area contributed by atoms with Crippen molar-refractivity contribution in [2.75, 3.05) is 11.9 Å². The molecule has 3 aromatic carbocycles. The van der Waals surface area contributed by atoms with E-state index in [0.29, 0.717) is 11.8 Å². The molecule has 0 spiro atoms. The highest BCUT2D eigenvalue weighted by molar-refractivity contribution is 5.97. The molecule has 0 aliphatic carbocycles. The van der Waals surface area contributed by atoms with E-state index in [1.54, 1.807) is 12.1 Å². The van der Waals surface area contributed by atoms with Gasteiger partial charge in [-0.3, -0.25) is 4.79 Å². The molecule has 3 rings (SSSR count). The van der Waals surface area contributed by atoms with Gasteiger partial charge in [-0.2, -0.15) is 13.2 Å². The number of anilines is 1. The Morgan fingerprint density at radius 1 is 0.889 bits per heavy atom. The standard InChI is InChI=1S/C20H14F3NO3/c21-20(22,23)16-7-3-6-15(10-16)19(26)27-12-18(25)24-17-9-8-13-4-1-2-5-14(13)11-17/h1-11H,12H2,(H,24,25). The van der Waals surface area contributed by atoms with Gasteiger partial charge in [0, 0.05) is 5.69 Å². The number of halogens is 3. The summed E-state index contributed by atoms with van der Waals surface area (Å²) in [5.41, 5.74) is -0.713. The van der Waals surface area contributed by atoms with Gasteiger partial charge in [0.15, 0.2) is 6.61 Å². The Balaban J connectivity index is 1.60. The van der Waals surface area contributed by atoms with E-state index in [0.717, 1.165) is 22.9 Å². The topological polar surface area (TPSA) is 55.4 Å². The summed E-state index contributed by atoms with van der Waals surface area (Å²) in [6.45, 7) is -0.609. The summed E-state index contributed by atoms with van der Waals surface area (Å²) >= 11 is 0. The average Bonchev–Trinajstić information content (AvgIpc) is 2.65. The van der Waals surface area contributed by atoms with Crippen molar-refractivity contribution in [2.45, 2.75) is 6.18 Å². The van der Waals surface area contributed by atoms with Crippen LogP contribution in [0.2, 0.25) is 0 Å². The van der Waals surface area contributed by atoms with Crippen LogP contribution in [0, 0.1) is 0 Å². The van der Waals surface area contributed by atoms with Crippen molar-refractivity contribution < 1.29 is 27.5 Å². The van der Waals surface area contributed by atoms with Crippen LogP contribution in [0.5, 0.6) is 0 Å². The predicted molar refractivity (Wildman–Crippen MR) is 94.3 cm³/mol. The second-order valence-corrected chi connectivity index (χ2v) is 5.76. The number of rotatable bonds is 4. The molecule has 0 radical (unpaired) electrons. The average molecular weight is 373 g/mol. The van der Waals surface area contributed by atoms with Crippen molar-refractivity contribution in [2.24, 2.45) is 0 Å². The fourth-order valence-corrected chi connectivity index (χ4v) is 2.50. The first-order chi connectivity index (χ1) is 12.8. The molecular formula is C20H14F3NO3. The van der Waals surface area contributed by atoms with Gasteiger partial charge >= 0.3 is 12.1 Å². The van der Waals surface area contributed by atoms with E-state index < -0.39 is 30.2 Å². The maximum absolute atomic E-state index is 12.7. The summed E-state index contributed by atoms with van der Waals surface area (Å²) in [5.74, 6) is -1.60. The van der Waals surface area contributed by atoms with E-state index in [1.807, 2.05) is 30.3 Å². The van der Waals surface area contributed by atoms with Gasteiger partial charge in [0.1, 0.15) is 0 Å². The van der Waals surface area contributed by atoms with Crippen LogP contribution in [-0.2, 0) is 15.7 Å². The Kier molecular flexibility index (Phi) is 5.12. The second kappa shape index (κ2) is 7.49. The Morgan fingerprint density at radius 3 is 2.37 bits per heavy atom. The second-order valence-electron chi connectivity index (χ2n) is 5.76. The number of hydrogen-bond acceptors (Lipinski definition) is 3. The van der Waals surface area contributed by atoms with Crippen LogP contribution in [0.4, 0.5) is 18.9 Å². The molecule has 4 nitrogen and oxygen atoms in total. The van der Waals surface area contributed by atoms with Gasteiger partial charge in [-0.25, -0.2) is 4.79 Å². The lowest BCUT2D eigenvalue weighted by Gasteiger charge is -2.09. The molecule has 0 aliphatic heterocycles. The number of benzene rings is 3. The lowest BCUT2D eigenvalue weighted by atomic mass is 10.1. The highest BCUT2D eigenvalue weighted by Gasteiger charge is 2.31. The molecule has 3 aromatic rings. The van der Waals surface area contributed by atoms with Crippen molar-refractivity contribution in [1.29, 1.82) is 0 Å². The number of amides is 1. The summed E-state index contributed by atoms with van der Waals surface area (Å²) in [7, 11) is 0. The number of hydrogen-bond donors (Lipinski definition) is 1. The van der Waals surface area contributed by atoms with Gasteiger partial charge < -0.3 is 10.1 Å². The number of fused-ring (bicyclic) bond motifs is 1. The normalized spacial score (nSPS) is 11.2. The van der Waals surface area contributed by atoms with Crippen molar-refractivity contribution in [3.63, 3.8) is 0 Å². The Bertz CT molecular complexity index is 999. The molecule has 0 atom stereocenters. The summed E-state index contributed by atoms with van der Waals surface area (Å²) in [4.78, 5) is 23.8. The molecule has 1 amide bonds. The molecule has 0 aliphatic rings. The fourth-order valence-electron chi connectivity index (χ4n) is 2.50. The molecule has 1 N–H and O–H groups in total.